The minimum absolute atomic E-state index is 0.126. The maximum absolute atomic E-state index is 12.4. The number of methoxy groups -OCH3 is 1. The van der Waals surface area contributed by atoms with Crippen molar-refractivity contribution >= 4 is 5.91 Å². The molecule has 1 unspecified atom stereocenters. The molecule has 1 aromatic rings. The summed E-state index contributed by atoms with van der Waals surface area (Å²) in [7, 11) is 1.65. The Morgan fingerprint density at radius 2 is 2.33 bits per heavy atom. The molecule has 1 fully saturated rings. The summed E-state index contributed by atoms with van der Waals surface area (Å²) in [5, 5.41) is 0. The Balaban J connectivity index is 1.87. The van der Waals surface area contributed by atoms with Crippen molar-refractivity contribution in [1.82, 2.24) is 4.90 Å². The van der Waals surface area contributed by atoms with E-state index in [4.69, 9.17) is 9.47 Å². The second-order valence-corrected chi connectivity index (χ2v) is 4.83. The molecule has 2 heterocycles. The first kappa shape index (κ1) is 11.5. The van der Waals surface area contributed by atoms with Gasteiger partial charge in [-0.15, -0.1) is 0 Å². The van der Waals surface area contributed by atoms with Crippen molar-refractivity contribution in [3.05, 3.63) is 29.3 Å². The van der Waals surface area contributed by atoms with E-state index in [1.807, 2.05) is 23.1 Å². The van der Waals surface area contributed by atoms with Crippen molar-refractivity contribution in [2.24, 2.45) is 0 Å². The molecular formula is C14H17NO3. The smallest absolute Gasteiger partial charge is 0.254 e. The lowest BCUT2D eigenvalue weighted by molar-refractivity contribution is 0.0748. The number of carbonyl (C=O) groups excluding carboxylic acids is 1. The quantitative estimate of drug-likeness (QED) is 0.760. The van der Waals surface area contributed by atoms with Crippen molar-refractivity contribution in [3.63, 3.8) is 0 Å². The fourth-order valence-electron chi connectivity index (χ4n) is 2.44. The third-order valence-corrected chi connectivity index (χ3v) is 3.53. The van der Waals surface area contributed by atoms with Crippen LogP contribution in [0.15, 0.2) is 18.2 Å². The van der Waals surface area contributed by atoms with E-state index < -0.39 is 0 Å². The number of carbonyl (C=O) groups is 1. The highest BCUT2D eigenvalue weighted by molar-refractivity contribution is 5.96. The van der Waals surface area contributed by atoms with Crippen LogP contribution in [-0.4, -0.2) is 43.7 Å². The zero-order chi connectivity index (χ0) is 12.5. The van der Waals surface area contributed by atoms with Crippen LogP contribution in [0.1, 0.15) is 22.3 Å². The number of nitrogens with zero attached hydrogens (tertiary/aromatic N) is 1. The monoisotopic (exact) mass is 247 g/mol. The minimum Gasteiger partial charge on any atom is -0.497 e. The van der Waals surface area contributed by atoms with Crippen molar-refractivity contribution in [2.45, 2.75) is 18.9 Å². The molecule has 18 heavy (non-hydrogen) atoms. The summed E-state index contributed by atoms with van der Waals surface area (Å²) in [5.74, 6) is 0.946. The van der Waals surface area contributed by atoms with Gasteiger partial charge in [0.2, 0.25) is 0 Å². The van der Waals surface area contributed by atoms with Crippen molar-refractivity contribution < 1.29 is 14.3 Å². The van der Waals surface area contributed by atoms with Crippen LogP contribution in [0.4, 0.5) is 0 Å². The minimum atomic E-state index is 0.126. The number of aryl methyl sites for hydroxylation is 1. The molecule has 0 radical (unpaired) electrons. The van der Waals surface area contributed by atoms with E-state index in [1.54, 1.807) is 7.11 Å². The Labute approximate surface area is 106 Å². The number of rotatable bonds is 3. The maximum Gasteiger partial charge on any atom is 0.254 e. The van der Waals surface area contributed by atoms with Gasteiger partial charge in [0.1, 0.15) is 5.75 Å². The van der Waals surface area contributed by atoms with Gasteiger partial charge in [-0.1, -0.05) is 0 Å². The first-order valence-electron chi connectivity index (χ1n) is 6.36. The average molecular weight is 247 g/mol. The van der Waals surface area contributed by atoms with Crippen LogP contribution in [0.2, 0.25) is 0 Å². The van der Waals surface area contributed by atoms with Crippen LogP contribution in [-0.2, 0) is 11.2 Å². The van der Waals surface area contributed by atoms with Gasteiger partial charge in [-0.05, 0) is 36.6 Å². The predicted octanol–water partition coefficient (Wildman–Crippen LogP) is 1.48. The molecular weight excluding hydrogens is 230 g/mol. The summed E-state index contributed by atoms with van der Waals surface area (Å²) in [6, 6.07) is 5.71. The third kappa shape index (κ3) is 2.20. The molecule has 1 saturated heterocycles. The summed E-state index contributed by atoms with van der Waals surface area (Å²) < 4.78 is 10.4. The van der Waals surface area contributed by atoms with Gasteiger partial charge in [-0.3, -0.25) is 4.79 Å². The predicted molar refractivity (Wildman–Crippen MR) is 67.0 cm³/mol. The van der Waals surface area contributed by atoms with Gasteiger partial charge in [0.15, 0.2) is 0 Å². The van der Waals surface area contributed by atoms with Gasteiger partial charge in [-0.2, -0.15) is 0 Å². The topological polar surface area (TPSA) is 42.1 Å². The second kappa shape index (κ2) is 4.61. The zero-order valence-electron chi connectivity index (χ0n) is 10.5. The molecule has 0 aromatic heterocycles. The van der Waals surface area contributed by atoms with E-state index in [9.17, 15) is 4.79 Å². The Morgan fingerprint density at radius 3 is 3.06 bits per heavy atom. The van der Waals surface area contributed by atoms with E-state index in [2.05, 4.69) is 0 Å². The molecule has 2 aliphatic rings. The molecule has 4 heteroatoms. The van der Waals surface area contributed by atoms with E-state index in [0.29, 0.717) is 0 Å². The number of hydrogen-bond donors (Lipinski definition) is 0. The largest absolute Gasteiger partial charge is 0.497 e. The van der Waals surface area contributed by atoms with Crippen LogP contribution < -0.4 is 4.74 Å². The molecule has 0 saturated carbocycles. The molecule has 1 atom stereocenters. The number of benzene rings is 1. The number of ether oxygens (including phenoxy) is 2. The van der Waals surface area contributed by atoms with Gasteiger partial charge in [0.05, 0.1) is 19.8 Å². The third-order valence-electron chi connectivity index (χ3n) is 3.53. The Kier molecular flexibility index (Phi) is 2.96. The van der Waals surface area contributed by atoms with E-state index >= 15 is 0 Å². The first-order valence-corrected chi connectivity index (χ1v) is 6.36. The molecule has 1 aromatic carbocycles. The lowest BCUT2D eigenvalue weighted by Gasteiger charge is -2.19. The average Bonchev–Trinajstić information content (AvgIpc) is 3.21. The van der Waals surface area contributed by atoms with Crippen LogP contribution >= 0.6 is 0 Å². The number of fused-ring (bicyclic) bond motifs is 1. The summed E-state index contributed by atoms with van der Waals surface area (Å²) in [5.41, 5.74) is 1.91. The molecule has 4 nitrogen and oxygen atoms in total. The summed E-state index contributed by atoms with van der Waals surface area (Å²) >= 11 is 0. The van der Waals surface area contributed by atoms with Crippen LogP contribution in [0.5, 0.6) is 5.75 Å². The molecule has 0 spiro atoms. The van der Waals surface area contributed by atoms with Crippen molar-refractivity contribution in [1.29, 1.82) is 0 Å². The number of epoxide rings is 1. The lowest BCUT2D eigenvalue weighted by atomic mass is 10.0. The molecule has 96 valence electrons. The fourth-order valence-corrected chi connectivity index (χ4v) is 2.44. The van der Waals surface area contributed by atoms with E-state index in [-0.39, 0.29) is 12.0 Å². The van der Waals surface area contributed by atoms with Crippen LogP contribution in [0.3, 0.4) is 0 Å². The van der Waals surface area contributed by atoms with E-state index in [1.165, 1.54) is 0 Å². The van der Waals surface area contributed by atoms with Gasteiger partial charge >= 0.3 is 0 Å². The maximum atomic E-state index is 12.4. The highest BCUT2D eigenvalue weighted by Gasteiger charge is 2.30. The summed E-state index contributed by atoms with van der Waals surface area (Å²) in [4.78, 5) is 14.3. The highest BCUT2D eigenvalue weighted by atomic mass is 16.6. The molecule has 2 aliphatic heterocycles. The highest BCUT2D eigenvalue weighted by Crippen LogP contribution is 2.24. The van der Waals surface area contributed by atoms with Crippen molar-refractivity contribution in [2.75, 3.05) is 26.8 Å². The normalized spacial score (nSPS) is 22.4. The number of hydrogen-bond acceptors (Lipinski definition) is 3. The molecule has 0 N–H and O–H groups in total. The van der Waals surface area contributed by atoms with Crippen LogP contribution in [0, 0.1) is 0 Å². The standard InChI is InChI=1S/C14H17NO3/c1-17-11-4-5-13-10(7-11)3-2-6-15(14(13)16)8-12-9-18-12/h4-5,7,12H,2-3,6,8-9H2,1H3. The van der Waals surface area contributed by atoms with E-state index in [0.717, 1.165) is 49.4 Å². The summed E-state index contributed by atoms with van der Waals surface area (Å²) in [6.45, 7) is 2.33. The van der Waals surface area contributed by atoms with Gasteiger partial charge in [0.25, 0.3) is 5.91 Å². The molecule has 3 rings (SSSR count). The Hall–Kier alpha value is -1.55. The van der Waals surface area contributed by atoms with Gasteiger partial charge in [0, 0.05) is 18.7 Å². The first-order chi connectivity index (χ1) is 8.78. The Bertz CT molecular complexity index is 468. The molecule has 0 bridgehead atoms. The fraction of sp³-hybridized carbons (Fsp3) is 0.500. The number of amides is 1. The molecule has 1 amide bonds. The lowest BCUT2D eigenvalue weighted by Crippen LogP contribution is -2.34. The Morgan fingerprint density at radius 1 is 1.50 bits per heavy atom. The zero-order valence-corrected chi connectivity index (χ0v) is 10.5. The van der Waals surface area contributed by atoms with Crippen molar-refractivity contribution in [3.8, 4) is 5.75 Å². The SMILES string of the molecule is COc1ccc2c(c1)CCCN(CC1CO1)C2=O. The van der Waals surface area contributed by atoms with Crippen LogP contribution in [0.25, 0.3) is 0 Å². The summed E-state index contributed by atoms with van der Waals surface area (Å²) in [6.07, 6.45) is 2.19. The molecule has 0 aliphatic carbocycles. The van der Waals surface area contributed by atoms with Gasteiger partial charge in [-0.25, -0.2) is 0 Å². The van der Waals surface area contributed by atoms with Gasteiger partial charge < -0.3 is 14.4 Å². The second-order valence-electron chi connectivity index (χ2n) is 4.83.